The van der Waals surface area contributed by atoms with Gasteiger partial charge >= 0.3 is 0 Å². The van der Waals surface area contributed by atoms with E-state index in [0.717, 1.165) is 105 Å². The van der Waals surface area contributed by atoms with Crippen LogP contribution < -0.4 is 0 Å². The van der Waals surface area contributed by atoms with Crippen LogP contribution in [0.4, 0.5) is 0 Å². The number of fused-ring (bicyclic) bond motifs is 6. The van der Waals surface area contributed by atoms with E-state index in [9.17, 15) is 0 Å². The maximum absolute atomic E-state index is 6.72. The molecule has 0 amide bonds. The van der Waals surface area contributed by atoms with Crippen LogP contribution in [0, 0.1) is 0 Å². The van der Waals surface area contributed by atoms with Crippen LogP contribution in [-0.4, -0.2) is 15.0 Å². The first-order chi connectivity index (χ1) is 27.7. The van der Waals surface area contributed by atoms with E-state index in [0.29, 0.717) is 5.82 Å². The molecule has 7 aromatic carbocycles. The van der Waals surface area contributed by atoms with E-state index in [1.165, 1.54) is 0 Å². The molecule has 11 rings (SSSR count). The lowest BCUT2D eigenvalue weighted by atomic mass is 9.92. The zero-order valence-electron chi connectivity index (χ0n) is 30.1. The van der Waals surface area contributed by atoms with Gasteiger partial charge in [-0.25, -0.2) is 9.97 Å². The van der Waals surface area contributed by atoms with Crippen LogP contribution in [-0.2, 0) is 0 Å². The lowest BCUT2D eigenvalue weighted by Crippen LogP contribution is -1.96. The molecule has 0 fully saturated rings. The highest BCUT2D eigenvalue weighted by Gasteiger charge is 2.21. The molecule has 0 aliphatic heterocycles. The van der Waals surface area contributed by atoms with Gasteiger partial charge in [0, 0.05) is 55.6 Å². The molecule has 0 atom stereocenters. The first-order valence-corrected chi connectivity index (χ1v) is 18.7. The van der Waals surface area contributed by atoms with Crippen molar-refractivity contribution in [3.8, 4) is 67.4 Å². The summed E-state index contributed by atoms with van der Waals surface area (Å²) in [6.45, 7) is 0. The zero-order chi connectivity index (χ0) is 37.0. The fourth-order valence-corrected chi connectivity index (χ4v) is 7.93. The fraction of sp³-hybridized carbons (Fsp3) is 0. The third kappa shape index (κ3) is 5.37. The summed E-state index contributed by atoms with van der Waals surface area (Å²) >= 11 is 0. The molecule has 262 valence electrons. The molecular formula is C51H31N3O2. The van der Waals surface area contributed by atoms with Crippen molar-refractivity contribution in [3.63, 3.8) is 0 Å². The monoisotopic (exact) mass is 717 g/mol. The van der Waals surface area contributed by atoms with E-state index in [1.54, 1.807) is 0 Å². The van der Waals surface area contributed by atoms with Crippen molar-refractivity contribution in [2.24, 2.45) is 0 Å². The molecule has 4 aromatic heterocycles. The summed E-state index contributed by atoms with van der Waals surface area (Å²) < 4.78 is 13.0. The van der Waals surface area contributed by atoms with Gasteiger partial charge in [0.05, 0.1) is 17.1 Å². The number of benzene rings is 7. The summed E-state index contributed by atoms with van der Waals surface area (Å²) in [4.78, 5) is 14.7. The van der Waals surface area contributed by atoms with E-state index < -0.39 is 0 Å². The van der Waals surface area contributed by atoms with Crippen molar-refractivity contribution in [1.82, 2.24) is 15.0 Å². The van der Waals surface area contributed by atoms with Gasteiger partial charge in [0.1, 0.15) is 22.3 Å². The van der Waals surface area contributed by atoms with Gasteiger partial charge in [-0.1, -0.05) is 133 Å². The standard InChI is InChI=1S/C51H31N3O2/c1-2-12-34(13-3-1)51-53-43(31-44(54-51)36-15-10-14-35(30-36)42-19-8-9-29-52-42)33-25-23-32(24-26-33)37-27-28-39(49-41-17-5-7-21-46(41)56-50(37)49)38-18-11-22-47-48(38)40-16-4-6-20-45(40)55-47/h1-31H. The van der Waals surface area contributed by atoms with E-state index >= 15 is 0 Å². The Morgan fingerprint density at radius 1 is 0.339 bits per heavy atom. The normalized spacial score (nSPS) is 11.6. The van der Waals surface area contributed by atoms with Crippen molar-refractivity contribution in [3.05, 3.63) is 188 Å². The Morgan fingerprint density at radius 3 is 1.71 bits per heavy atom. The second-order valence-electron chi connectivity index (χ2n) is 13.9. The summed E-state index contributed by atoms with van der Waals surface area (Å²) in [7, 11) is 0. The highest BCUT2D eigenvalue weighted by atomic mass is 16.3. The fourth-order valence-electron chi connectivity index (χ4n) is 7.93. The summed E-state index contributed by atoms with van der Waals surface area (Å²) in [5.41, 5.74) is 14.3. The Morgan fingerprint density at radius 2 is 0.929 bits per heavy atom. The third-order valence-electron chi connectivity index (χ3n) is 10.6. The first kappa shape index (κ1) is 31.9. The van der Waals surface area contributed by atoms with Gasteiger partial charge in [-0.15, -0.1) is 0 Å². The minimum atomic E-state index is 0.672. The minimum absolute atomic E-state index is 0.672. The number of hydrogen-bond donors (Lipinski definition) is 0. The maximum atomic E-state index is 6.72. The summed E-state index contributed by atoms with van der Waals surface area (Å²) in [5, 5.41) is 4.37. The highest BCUT2D eigenvalue weighted by Crippen LogP contribution is 2.45. The molecule has 0 N–H and O–H groups in total. The predicted molar refractivity (Wildman–Crippen MR) is 227 cm³/mol. The molecule has 0 aliphatic rings. The number of para-hydroxylation sites is 2. The van der Waals surface area contributed by atoms with Crippen LogP contribution in [0.5, 0.6) is 0 Å². The van der Waals surface area contributed by atoms with Gasteiger partial charge in [-0.3, -0.25) is 4.98 Å². The number of hydrogen-bond acceptors (Lipinski definition) is 5. The van der Waals surface area contributed by atoms with Crippen LogP contribution in [0.3, 0.4) is 0 Å². The van der Waals surface area contributed by atoms with E-state index in [1.807, 2.05) is 85.1 Å². The topological polar surface area (TPSA) is 65.0 Å². The maximum Gasteiger partial charge on any atom is 0.160 e. The smallest absolute Gasteiger partial charge is 0.160 e. The van der Waals surface area contributed by atoms with Gasteiger partial charge < -0.3 is 8.83 Å². The van der Waals surface area contributed by atoms with Gasteiger partial charge in [0.25, 0.3) is 0 Å². The molecule has 4 heterocycles. The van der Waals surface area contributed by atoms with Gasteiger partial charge in [0.2, 0.25) is 0 Å². The predicted octanol–water partition coefficient (Wildman–Crippen LogP) is 13.7. The first-order valence-electron chi connectivity index (χ1n) is 18.7. The Hall–Kier alpha value is -7.63. The molecule has 0 aliphatic carbocycles. The average molecular weight is 718 g/mol. The van der Waals surface area contributed by atoms with Crippen molar-refractivity contribution in [1.29, 1.82) is 0 Å². The Bertz CT molecular complexity index is 3240. The molecule has 0 unspecified atom stereocenters. The Kier molecular flexibility index (Phi) is 7.42. The van der Waals surface area contributed by atoms with Gasteiger partial charge in [-0.05, 0) is 65.2 Å². The molecular weight excluding hydrogens is 687 g/mol. The Labute approximate surface area is 322 Å². The minimum Gasteiger partial charge on any atom is -0.456 e. The highest BCUT2D eigenvalue weighted by molar-refractivity contribution is 6.21. The largest absolute Gasteiger partial charge is 0.456 e. The number of nitrogens with zero attached hydrogens (tertiary/aromatic N) is 3. The summed E-state index contributed by atoms with van der Waals surface area (Å²) in [6, 6.07) is 62.4. The van der Waals surface area contributed by atoms with Crippen molar-refractivity contribution in [2.75, 3.05) is 0 Å². The second kappa shape index (κ2) is 13.0. The number of rotatable bonds is 6. The van der Waals surface area contributed by atoms with Crippen molar-refractivity contribution < 1.29 is 8.83 Å². The van der Waals surface area contributed by atoms with Crippen LogP contribution >= 0.6 is 0 Å². The second-order valence-corrected chi connectivity index (χ2v) is 13.9. The van der Waals surface area contributed by atoms with Crippen LogP contribution in [0.2, 0.25) is 0 Å². The molecule has 11 aromatic rings. The molecule has 0 spiro atoms. The van der Waals surface area contributed by atoms with Crippen LogP contribution in [0.1, 0.15) is 0 Å². The molecule has 0 bridgehead atoms. The number of furan rings is 2. The van der Waals surface area contributed by atoms with Gasteiger partial charge in [-0.2, -0.15) is 0 Å². The quantitative estimate of drug-likeness (QED) is 0.171. The molecule has 5 nitrogen and oxygen atoms in total. The lowest BCUT2D eigenvalue weighted by Gasteiger charge is -2.12. The molecule has 0 saturated carbocycles. The zero-order valence-corrected chi connectivity index (χ0v) is 30.1. The van der Waals surface area contributed by atoms with E-state index in [-0.39, 0.29) is 0 Å². The summed E-state index contributed by atoms with van der Waals surface area (Å²) in [5.74, 6) is 0.672. The molecule has 0 saturated heterocycles. The van der Waals surface area contributed by atoms with E-state index in [4.69, 9.17) is 18.8 Å². The lowest BCUT2D eigenvalue weighted by molar-refractivity contribution is 0.668. The third-order valence-corrected chi connectivity index (χ3v) is 10.6. The molecule has 56 heavy (non-hydrogen) atoms. The van der Waals surface area contributed by atoms with Gasteiger partial charge in [0.15, 0.2) is 5.82 Å². The van der Waals surface area contributed by atoms with Crippen LogP contribution in [0.15, 0.2) is 197 Å². The molecule has 0 radical (unpaired) electrons. The molecule has 5 heteroatoms. The summed E-state index contributed by atoms with van der Waals surface area (Å²) in [6.07, 6.45) is 1.82. The number of pyridine rings is 1. The van der Waals surface area contributed by atoms with Crippen molar-refractivity contribution >= 4 is 43.9 Å². The van der Waals surface area contributed by atoms with E-state index in [2.05, 4.69) is 108 Å². The Balaban J connectivity index is 1.04. The van der Waals surface area contributed by atoms with Crippen molar-refractivity contribution in [2.45, 2.75) is 0 Å². The number of aromatic nitrogens is 3. The van der Waals surface area contributed by atoms with Crippen LogP contribution in [0.25, 0.3) is 111 Å². The SMILES string of the molecule is c1ccc(-c2nc(-c3ccc(-c4ccc(-c5cccc6oc7ccccc7c56)c5c4oc4ccccc45)cc3)cc(-c3cccc(-c4ccccn4)c3)n2)cc1. The average Bonchev–Trinajstić information content (AvgIpc) is 3.86.